The molecule has 2 nitrogen and oxygen atoms in total. The third-order valence-corrected chi connectivity index (χ3v) is 3.12. The number of halogens is 2. The first-order valence-corrected chi connectivity index (χ1v) is 6.12. The Kier molecular flexibility index (Phi) is 3.37. The molecule has 0 aliphatic rings. The molecule has 0 spiro atoms. The number of hydrogen-bond acceptors (Lipinski definition) is 2. The summed E-state index contributed by atoms with van der Waals surface area (Å²) in [5.41, 5.74) is 2.43. The molecule has 0 amide bonds. The Balaban J connectivity index is 2.70. The van der Waals surface area contributed by atoms with Crippen molar-refractivity contribution in [3.63, 3.8) is 0 Å². The van der Waals surface area contributed by atoms with Crippen LogP contribution in [0.3, 0.4) is 0 Å². The molecule has 1 heterocycles. The van der Waals surface area contributed by atoms with E-state index in [0.717, 1.165) is 11.1 Å². The van der Waals surface area contributed by atoms with Crippen LogP contribution in [-0.4, -0.2) is 4.98 Å². The fraction of sp³-hybridized carbons (Fsp3) is 0. The van der Waals surface area contributed by atoms with Crippen LogP contribution in [0.25, 0.3) is 11.1 Å². The molecule has 0 N–H and O–H groups in total. The number of aromatic nitrogens is 1. The maximum Gasteiger partial charge on any atom is 0.125 e. The SMILES string of the molecule is N#Cc1c(-c2ccccc2)cc(Br)nc1Br. The Labute approximate surface area is 110 Å². The maximum atomic E-state index is 9.12. The number of hydrogen-bond donors (Lipinski definition) is 0. The van der Waals surface area contributed by atoms with Gasteiger partial charge in [-0.2, -0.15) is 5.26 Å². The van der Waals surface area contributed by atoms with E-state index in [0.29, 0.717) is 14.8 Å². The molecule has 0 radical (unpaired) electrons. The Bertz CT molecular complexity index is 559. The van der Waals surface area contributed by atoms with Gasteiger partial charge in [-0.25, -0.2) is 4.98 Å². The molecule has 0 aliphatic carbocycles. The predicted octanol–water partition coefficient (Wildman–Crippen LogP) is 4.15. The zero-order valence-corrected chi connectivity index (χ0v) is 11.3. The van der Waals surface area contributed by atoms with Gasteiger partial charge in [0.2, 0.25) is 0 Å². The van der Waals surface area contributed by atoms with E-state index in [9.17, 15) is 0 Å². The average Bonchev–Trinajstić information content (AvgIpc) is 2.29. The van der Waals surface area contributed by atoms with Crippen LogP contribution in [0, 0.1) is 11.3 Å². The predicted molar refractivity (Wildman–Crippen MR) is 69.8 cm³/mol. The molecule has 0 saturated heterocycles. The molecule has 2 aromatic rings. The monoisotopic (exact) mass is 336 g/mol. The number of benzene rings is 1. The lowest BCUT2D eigenvalue weighted by Crippen LogP contribution is -1.90. The summed E-state index contributed by atoms with van der Waals surface area (Å²) in [6.07, 6.45) is 0. The van der Waals surface area contributed by atoms with E-state index in [1.165, 1.54) is 0 Å². The molecule has 0 saturated carbocycles. The van der Waals surface area contributed by atoms with Gasteiger partial charge in [-0.15, -0.1) is 0 Å². The van der Waals surface area contributed by atoms with Crippen molar-refractivity contribution in [3.8, 4) is 17.2 Å². The van der Waals surface area contributed by atoms with Gasteiger partial charge in [0.15, 0.2) is 0 Å². The van der Waals surface area contributed by atoms with Crippen molar-refractivity contribution >= 4 is 31.9 Å². The minimum Gasteiger partial charge on any atom is -0.233 e. The normalized spacial score (nSPS) is 9.81. The van der Waals surface area contributed by atoms with Crippen LogP contribution in [0.4, 0.5) is 0 Å². The maximum absolute atomic E-state index is 9.12. The number of rotatable bonds is 1. The van der Waals surface area contributed by atoms with Crippen LogP contribution in [-0.2, 0) is 0 Å². The minimum absolute atomic E-state index is 0.550. The molecule has 0 atom stereocenters. The molecule has 78 valence electrons. The summed E-state index contributed by atoms with van der Waals surface area (Å²) in [6.45, 7) is 0. The van der Waals surface area contributed by atoms with Crippen molar-refractivity contribution in [1.82, 2.24) is 4.98 Å². The van der Waals surface area contributed by atoms with Gasteiger partial charge in [0, 0.05) is 5.56 Å². The number of nitrogens with zero attached hydrogens (tertiary/aromatic N) is 2. The van der Waals surface area contributed by atoms with Crippen molar-refractivity contribution in [2.45, 2.75) is 0 Å². The van der Waals surface area contributed by atoms with Gasteiger partial charge in [-0.1, -0.05) is 30.3 Å². The Morgan fingerprint density at radius 1 is 1.12 bits per heavy atom. The molecule has 0 unspecified atom stereocenters. The molecular formula is C12H6Br2N2. The van der Waals surface area contributed by atoms with E-state index >= 15 is 0 Å². The zero-order chi connectivity index (χ0) is 11.5. The Hall–Kier alpha value is -1.18. The summed E-state index contributed by atoms with van der Waals surface area (Å²) in [4.78, 5) is 4.14. The highest BCUT2D eigenvalue weighted by Crippen LogP contribution is 2.30. The van der Waals surface area contributed by atoms with Gasteiger partial charge in [-0.05, 0) is 43.5 Å². The smallest absolute Gasteiger partial charge is 0.125 e. The molecule has 0 aliphatic heterocycles. The van der Waals surface area contributed by atoms with Crippen LogP contribution in [0.5, 0.6) is 0 Å². The third-order valence-electron chi connectivity index (χ3n) is 2.14. The highest BCUT2D eigenvalue weighted by Gasteiger charge is 2.10. The second kappa shape index (κ2) is 4.77. The molecule has 2 rings (SSSR count). The summed E-state index contributed by atoms with van der Waals surface area (Å²) in [5.74, 6) is 0. The first kappa shape index (κ1) is 11.3. The minimum atomic E-state index is 0.550. The van der Waals surface area contributed by atoms with E-state index in [-0.39, 0.29) is 0 Å². The van der Waals surface area contributed by atoms with E-state index in [1.54, 1.807) is 0 Å². The number of pyridine rings is 1. The lowest BCUT2D eigenvalue weighted by molar-refractivity contribution is 1.21. The first-order chi connectivity index (χ1) is 7.72. The summed E-state index contributed by atoms with van der Waals surface area (Å²) < 4.78 is 1.26. The van der Waals surface area contributed by atoms with Gasteiger partial charge in [0.1, 0.15) is 15.3 Å². The molecule has 0 bridgehead atoms. The van der Waals surface area contributed by atoms with Gasteiger partial charge in [-0.3, -0.25) is 0 Å². The Morgan fingerprint density at radius 3 is 2.44 bits per heavy atom. The van der Waals surface area contributed by atoms with Crippen molar-refractivity contribution in [2.75, 3.05) is 0 Å². The van der Waals surface area contributed by atoms with Crippen molar-refractivity contribution < 1.29 is 0 Å². The second-order valence-corrected chi connectivity index (χ2v) is 4.70. The lowest BCUT2D eigenvalue weighted by atomic mass is 10.0. The van der Waals surface area contributed by atoms with Crippen LogP contribution in [0.1, 0.15) is 5.56 Å². The van der Waals surface area contributed by atoms with Crippen LogP contribution < -0.4 is 0 Å². The van der Waals surface area contributed by atoms with Crippen molar-refractivity contribution in [3.05, 3.63) is 51.2 Å². The Morgan fingerprint density at radius 2 is 1.81 bits per heavy atom. The fourth-order valence-corrected chi connectivity index (χ4v) is 2.57. The topological polar surface area (TPSA) is 36.7 Å². The summed E-state index contributed by atoms with van der Waals surface area (Å²) in [6, 6.07) is 13.8. The van der Waals surface area contributed by atoms with E-state index in [1.807, 2.05) is 36.4 Å². The van der Waals surface area contributed by atoms with Gasteiger partial charge in [0.05, 0.1) is 5.56 Å². The van der Waals surface area contributed by atoms with E-state index in [4.69, 9.17) is 5.26 Å². The molecule has 4 heteroatoms. The quantitative estimate of drug-likeness (QED) is 0.733. The number of nitriles is 1. The standard InChI is InChI=1S/C12H6Br2N2/c13-11-6-9(8-4-2-1-3-5-8)10(7-15)12(14)16-11/h1-6H. The lowest BCUT2D eigenvalue weighted by Gasteiger charge is -2.06. The molecular weight excluding hydrogens is 332 g/mol. The molecule has 0 fully saturated rings. The highest BCUT2D eigenvalue weighted by molar-refractivity contribution is 9.11. The third kappa shape index (κ3) is 2.16. The van der Waals surface area contributed by atoms with Gasteiger partial charge >= 0.3 is 0 Å². The molecule has 1 aromatic heterocycles. The summed E-state index contributed by atoms with van der Waals surface area (Å²) in [7, 11) is 0. The second-order valence-electron chi connectivity index (χ2n) is 3.14. The summed E-state index contributed by atoms with van der Waals surface area (Å²) >= 11 is 6.61. The van der Waals surface area contributed by atoms with Crippen molar-refractivity contribution in [2.24, 2.45) is 0 Å². The van der Waals surface area contributed by atoms with Gasteiger partial charge < -0.3 is 0 Å². The van der Waals surface area contributed by atoms with Crippen LogP contribution in [0.2, 0.25) is 0 Å². The highest BCUT2D eigenvalue weighted by atomic mass is 79.9. The van der Waals surface area contributed by atoms with Crippen LogP contribution >= 0.6 is 31.9 Å². The van der Waals surface area contributed by atoms with Gasteiger partial charge in [0.25, 0.3) is 0 Å². The first-order valence-electron chi connectivity index (χ1n) is 4.54. The molecule has 16 heavy (non-hydrogen) atoms. The summed E-state index contributed by atoms with van der Waals surface area (Å²) in [5, 5.41) is 9.12. The van der Waals surface area contributed by atoms with E-state index < -0.39 is 0 Å². The van der Waals surface area contributed by atoms with E-state index in [2.05, 4.69) is 42.9 Å². The average molecular weight is 338 g/mol. The fourth-order valence-electron chi connectivity index (χ4n) is 1.44. The largest absolute Gasteiger partial charge is 0.233 e. The van der Waals surface area contributed by atoms with Crippen molar-refractivity contribution in [1.29, 1.82) is 5.26 Å². The molecule has 1 aromatic carbocycles. The zero-order valence-electron chi connectivity index (χ0n) is 8.11. The van der Waals surface area contributed by atoms with Crippen LogP contribution in [0.15, 0.2) is 45.6 Å².